The third kappa shape index (κ3) is 1.34. The summed E-state index contributed by atoms with van der Waals surface area (Å²) in [7, 11) is 0. The van der Waals surface area contributed by atoms with E-state index < -0.39 is 0 Å². The van der Waals surface area contributed by atoms with E-state index in [1.54, 1.807) is 0 Å². The normalized spacial score (nSPS) is 11.1. The molecule has 0 unspecified atom stereocenters. The molecule has 0 radical (unpaired) electrons. The van der Waals surface area contributed by atoms with Crippen molar-refractivity contribution >= 4 is 21.7 Å². The smallest absolute Gasteiger partial charge is 0.0709 e. The van der Waals surface area contributed by atoms with Crippen LogP contribution in [0.4, 0.5) is 0 Å². The van der Waals surface area contributed by atoms with Crippen LogP contribution in [0.1, 0.15) is 11.4 Å². The second-order valence-corrected chi connectivity index (χ2v) is 4.12. The molecule has 0 saturated heterocycles. The summed E-state index contributed by atoms with van der Waals surface area (Å²) in [5.74, 6) is 0. The maximum atomic E-state index is 4.48. The monoisotopic (exact) mass is 208 g/mol. The fourth-order valence-electron chi connectivity index (χ4n) is 2.15. The summed E-state index contributed by atoms with van der Waals surface area (Å²) in [6.07, 6.45) is 1.82. The van der Waals surface area contributed by atoms with Crippen molar-refractivity contribution in [2.75, 3.05) is 0 Å². The van der Waals surface area contributed by atoms with E-state index in [2.05, 4.69) is 34.2 Å². The van der Waals surface area contributed by atoms with Crippen LogP contribution in [0.15, 0.2) is 36.5 Å². The Kier molecular flexibility index (Phi) is 1.90. The molecule has 0 bridgehead atoms. The third-order valence-electron chi connectivity index (χ3n) is 2.87. The molecule has 2 heteroatoms. The average molecular weight is 208 g/mol. The molecule has 0 saturated carbocycles. The third-order valence-corrected chi connectivity index (χ3v) is 2.87. The first kappa shape index (κ1) is 9.28. The van der Waals surface area contributed by atoms with Gasteiger partial charge < -0.3 is 0 Å². The fourth-order valence-corrected chi connectivity index (χ4v) is 2.15. The zero-order chi connectivity index (χ0) is 11.1. The van der Waals surface area contributed by atoms with Gasteiger partial charge in [0, 0.05) is 28.4 Å². The maximum Gasteiger partial charge on any atom is 0.0709 e. The highest BCUT2D eigenvalue weighted by molar-refractivity contribution is 5.97. The summed E-state index contributed by atoms with van der Waals surface area (Å²) in [5.41, 5.74) is 3.17. The molecule has 3 aromatic rings. The molecule has 0 amide bonds. The van der Waals surface area contributed by atoms with E-state index in [9.17, 15) is 0 Å². The molecule has 16 heavy (non-hydrogen) atoms. The number of hydrogen-bond donors (Lipinski definition) is 0. The van der Waals surface area contributed by atoms with Crippen LogP contribution in [0.5, 0.6) is 0 Å². The Morgan fingerprint density at radius 3 is 2.75 bits per heavy atom. The van der Waals surface area contributed by atoms with Gasteiger partial charge in [0.2, 0.25) is 0 Å². The Bertz CT molecular complexity index is 687. The van der Waals surface area contributed by atoms with E-state index in [1.165, 1.54) is 16.2 Å². The van der Waals surface area contributed by atoms with Crippen LogP contribution in [-0.2, 0) is 0 Å². The predicted molar refractivity (Wildman–Crippen MR) is 66.5 cm³/mol. The molecular formula is C14H12N2. The zero-order valence-electron chi connectivity index (χ0n) is 9.36. The molecule has 0 N–H and O–H groups in total. The number of hydrogen-bond acceptors (Lipinski definition) is 2. The van der Waals surface area contributed by atoms with Crippen molar-refractivity contribution in [1.82, 2.24) is 9.97 Å². The minimum atomic E-state index is 1.03. The summed E-state index contributed by atoms with van der Waals surface area (Å²) in [4.78, 5) is 8.85. The molecule has 2 nitrogen and oxygen atoms in total. The number of benzene rings is 1. The largest absolute Gasteiger partial charge is 0.258 e. The first-order valence-electron chi connectivity index (χ1n) is 5.37. The molecule has 2 aromatic heterocycles. The lowest BCUT2D eigenvalue weighted by Crippen LogP contribution is -1.89. The van der Waals surface area contributed by atoms with Gasteiger partial charge in [-0.15, -0.1) is 0 Å². The summed E-state index contributed by atoms with van der Waals surface area (Å²) in [5, 5.41) is 3.61. The van der Waals surface area contributed by atoms with Crippen LogP contribution >= 0.6 is 0 Å². The average Bonchev–Trinajstić information content (AvgIpc) is 2.27. The van der Waals surface area contributed by atoms with Gasteiger partial charge in [-0.3, -0.25) is 9.97 Å². The van der Waals surface area contributed by atoms with Gasteiger partial charge in [0.05, 0.1) is 5.52 Å². The Balaban J connectivity index is 2.51. The van der Waals surface area contributed by atoms with Crippen LogP contribution in [-0.4, -0.2) is 9.97 Å². The summed E-state index contributed by atoms with van der Waals surface area (Å²) >= 11 is 0. The quantitative estimate of drug-likeness (QED) is 0.529. The van der Waals surface area contributed by atoms with Gasteiger partial charge in [-0.1, -0.05) is 6.07 Å². The highest BCUT2D eigenvalue weighted by atomic mass is 14.7. The van der Waals surface area contributed by atoms with E-state index >= 15 is 0 Å². The molecule has 1 aromatic carbocycles. The number of aryl methyl sites for hydroxylation is 2. The molecule has 0 spiro atoms. The number of pyridine rings is 2. The topological polar surface area (TPSA) is 25.8 Å². The molecule has 0 aliphatic rings. The number of rotatable bonds is 0. The van der Waals surface area contributed by atoms with Crippen LogP contribution in [0.3, 0.4) is 0 Å². The van der Waals surface area contributed by atoms with Crippen LogP contribution in [0, 0.1) is 13.8 Å². The predicted octanol–water partition coefficient (Wildman–Crippen LogP) is 3.40. The standard InChI is InChI=1S/C14H12N2/c1-9-6-12-7-11-4-3-5-15-14(11)8-13(12)10(2)16-9/h3-8H,1-2H3. The van der Waals surface area contributed by atoms with Crippen molar-refractivity contribution in [2.24, 2.45) is 0 Å². The van der Waals surface area contributed by atoms with Crippen LogP contribution < -0.4 is 0 Å². The minimum Gasteiger partial charge on any atom is -0.258 e. The highest BCUT2D eigenvalue weighted by Gasteiger charge is 2.02. The van der Waals surface area contributed by atoms with Gasteiger partial charge in [0.1, 0.15) is 0 Å². The molecule has 0 atom stereocenters. The van der Waals surface area contributed by atoms with Crippen molar-refractivity contribution in [2.45, 2.75) is 13.8 Å². The highest BCUT2D eigenvalue weighted by Crippen LogP contribution is 2.23. The maximum absolute atomic E-state index is 4.48. The lowest BCUT2D eigenvalue weighted by Gasteiger charge is -2.05. The van der Waals surface area contributed by atoms with Gasteiger partial charge in [0.25, 0.3) is 0 Å². The summed E-state index contributed by atoms with van der Waals surface area (Å²) in [6.45, 7) is 4.07. The van der Waals surface area contributed by atoms with E-state index in [1.807, 2.05) is 26.1 Å². The summed E-state index contributed by atoms with van der Waals surface area (Å²) in [6, 6.07) is 10.5. The zero-order valence-corrected chi connectivity index (χ0v) is 9.36. The molecule has 3 rings (SSSR count). The van der Waals surface area contributed by atoms with Crippen molar-refractivity contribution in [3.63, 3.8) is 0 Å². The molecule has 0 aliphatic carbocycles. The first-order chi connectivity index (χ1) is 7.74. The van der Waals surface area contributed by atoms with Gasteiger partial charge >= 0.3 is 0 Å². The minimum absolute atomic E-state index is 1.03. The van der Waals surface area contributed by atoms with E-state index in [4.69, 9.17) is 0 Å². The number of nitrogens with zero attached hydrogens (tertiary/aromatic N) is 2. The summed E-state index contributed by atoms with van der Waals surface area (Å²) < 4.78 is 0. The van der Waals surface area contributed by atoms with Gasteiger partial charge in [-0.25, -0.2) is 0 Å². The van der Waals surface area contributed by atoms with Gasteiger partial charge in [-0.05, 0) is 43.5 Å². The molecule has 2 heterocycles. The first-order valence-corrected chi connectivity index (χ1v) is 5.37. The Hall–Kier alpha value is -1.96. The number of fused-ring (bicyclic) bond motifs is 2. The molecule has 0 fully saturated rings. The van der Waals surface area contributed by atoms with E-state index in [0.717, 1.165) is 16.9 Å². The van der Waals surface area contributed by atoms with E-state index in [-0.39, 0.29) is 0 Å². The Morgan fingerprint density at radius 2 is 1.88 bits per heavy atom. The second kappa shape index (κ2) is 3.27. The lowest BCUT2D eigenvalue weighted by atomic mass is 10.1. The molecule has 0 aliphatic heterocycles. The molecular weight excluding hydrogens is 196 g/mol. The Morgan fingerprint density at radius 1 is 1.00 bits per heavy atom. The van der Waals surface area contributed by atoms with Crippen LogP contribution in [0.25, 0.3) is 21.7 Å². The fraction of sp³-hybridized carbons (Fsp3) is 0.143. The van der Waals surface area contributed by atoms with Gasteiger partial charge in [0.15, 0.2) is 0 Å². The van der Waals surface area contributed by atoms with Crippen molar-refractivity contribution in [1.29, 1.82) is 0 Å². The second-order valence-electron chi connectivity index (χ2n) is 4.12. The van der Waals surface area contributed by atoms with Crippen molar-refractivity contribution in [3.8, 4) is 0 Å². The van der Waals surface area contributed by atoms with E-state index in [0.29, 0.717) is 0 Å². The Labute approximate surface area is 94.0 Å². The van der Waals surface area contributed by atoms with Crippen LogP contribution in [0.2, 0.25) is 0 Å². The van der Waals surface area contributed by atoms with Crippen molar-refractivity contribution < 1.29 is 0 Å². The van der Waals surface area contributed by atoms with Gasteiger partial charge in [-0.2, -0.15) is 0 Å². The SMILES string of the molecule is Cc1cc2cc3cccnc3cc2c(C)n1. The van der Waals surface area contributed by atoms with Crippen molar-refractivity contribution in [3.05, 3.63) is 47.9 Å². The number of aromatic nitrogens is 2. The molecule has 78 valence electrons. The lowest BCUT2D eigenvalue weighted by molar-refractivity contribution is 1.15.